The minimum Gasteiger partial charge on any atom is -0.336 e. The van der Waals surface area contributed by atoms with Gasteiger partial charge in [-0.25, -0.2) is 13.4 Å². The number of nitrogens with zero attached hydrogens (tertiary/aromatic N) is 3. The molecule has 0 N–H and O–H groups in total. The lowest BCUT2D eigenvalue weighted by molar-refractivity contribution is -0.136. The maximum atomic E-state index is 13.6. The molecule has 0 radical (unpaired) electrons. The molecule has 5 rings (SSSR count). The number of aromatic nitrogens is 2. The van der Waals surface area contributed by atoms with E-state index in [9.17, 15) is 13.2 Å². The molecule has 2 aliphatic rings. The highest BCUT2D eigenvalue weighted by Gasteiger charge is 2.33. The van der Waals surface area contributed by atoms with Gasteiger partial charge in [-0.15, -0.1) is 0 Å². The van der Waals surface area contributed by atoms with E-state index in [-0.39, 0.29) is 22.7 Å². The first-order valence-corrected chi connectivity index (χ1v) is 14.7. The van der Waals surface area contributed by atoms with Gasteiger partial charge in [-0.2, -0.15) is 0 Å². The number of amides is 1. The van der Waals surface area contributed by atoms with Crippen LogP contribution in [0.4, 0.5) is 0 Å². The van der Waals surface area contributed by atoms with Crippen LogP contribution in [-0.4, -0.2) is 35.3 Å². The average Bonchev–Trinajstić information content (AvgIpc) is 3.34. The first-order chi connectivity index (χ1) is 17.4. The van der Waals surface area contributed by atoms with Gasteiger partial charge in [0.05, 0.1) is 30.7 Å². The Morgan fingerprint density at radius 1 is 1.00 bits per heavy atom. The molecule has 190 valence electrons. The van der Waals surface area contributed by atoms with E-state index in [2.05, 4.69) is 4.98 Å². The van der Waals surface area contributed by atoms with Crippen LogP contribution in [0.1, 0.15) is 60.9 Å². The van der Waals surface area contributed by atoms with Crippen LogP contribution in [0.25, 0.3) is 0 Å². The van der Waals surface area contributed by atoms with Crippen molar-refractivity contribution in [3.8, 4) is 0 Å². The fraction of sp³-hybridized carbons (Fsp3) is 0.448. The van der Waals surface area contributed by atoms with Crippen molar-refractivity contribution < 1.29 is 13.2 Å². The summed E-state index contributed by atoms with van der Waals surface area (Å²) in [5.41, 5.74) is 3.49. The topological polar surface area (TPSA) is 72.3 Å². The summed E-state index contributed by atoms with van der Waals surface area (Å²) < 4.78 is 29.1. The zero-order chi connectivity index (χ0) is 25.1. The van der Waals surface area contributed by atoms with Crippen molar-refractivity contribution >= 4 is 15.7 Å². The summed E-state index contributed by atoms with van der Waals surface area (Å²) in [5, 5.41) is 0.0734. The molecule has 0 unspecified atom stereocenters. The Bertz CT molecular complexity index is 1310. The number of sulfone groups is 1. The normalized spacial score (nSPS) is 16.4. The highest BCUT2D eigenvalue weighted by Crippen LogP contribution is 2.33. The first-order valence-electron chi connectivity index (χ1n) is 13.0. The molecule has 1 heterocycles. The van der Waals surface area contributed by atoms with Gasteiger partial charge < -0.3 is 9.47 Å². The van der Waals surface area contributed by atoms with Gasteiger partial charge >= 0.3 is 0 Å². The molecule has 3 aromatic rings. The van der Waals surface area contributed by atoms with Gasteiger partial charge in [0.2, 0.25) is 20.9 Å². The molecule has 0 saturated heterocycles. The summed E-state index contributed by atoms with van der Waals surface area (Å²) in [6, 6.07) is 17.4. The van der Waals surface area contributed by atoms with Gasteiger partial charge in [0, 0.05) is 12.5 Å². The Morgan fingerprint density at radius 2 is 1.69 bits per heavy atom. The second-order valence-corrected chi connectivity index (χ2v) is 12.3. The summed E-state index contributed by atoms with van der Waals surface area (Å²) in [4.78, 5) is 19.9. The Hall–Kier alpha value is -2.93. The van der Waals surface area contributed by atoms with Gasteiger partial charge in [-0.3, -0.25) is 4.79 Å². The third-order valence-corrected chi connectivity index (χ3v) is 9.09. The van der Waals surface area contributed by atoms with E-state index in [4.69, 9.17) is 0 Å². The Morgan fingerprint density at radius 3 is 2.39 bits per heavy atom. The van der Waals surface area contributed by atoms with Crippen LogP contribution < -0.4 is 0 Å². The summed E-state index contributed by atoms with van der Waals surface area (Å²) >= 11 is 0. The van der Waals surface area contributed by atoms with Gasteiger partial charge in [0.15, 0.2) is 0 Å². The van der Waals surface area contributed by atoms with Crippen LogP contribution in [-0.2, 0) is 33.5 Å². The van der Waals surface area contributed by atoms with Crippen molar-refractivity contribution in [3.63, 3.8) is 0 Å². The van der Waals surface area contributed by atoms with Crippen molar-refractivity contribution in [2.75, 3.05) is 6.54 Å². The van der Waals surface area contributed by atoms with Crippen LogP contribution in [0, 0.1) is 18.8 Å². The predicted molar refractivity (Wildman–Crippen MR) is 140 cm³/mol. The summed E-state index contributed by atoms with van der Waals surface area (Å²) in [7, 11) is -3.70. The zero-order valence-electron chi connectivity index (χ0n) is 21.0. The number of carbonyl (C=O) groups is 1. The number of imidazole rings is 1. The molecule has 6 nitrogen and oxygen atoms in total. The number of hydrogen-bond donors (Lipinski definition) is 0. The first kappa shape index (κ1) is 24.8. The highest BCUT2D eigenvalue weighted by atomic mass is 32.2. The van der Waals surface area contributed by atoms with Crippen molar-refractivity contribution in [1.82, 2.24) is 14.5 Å². The molecule has 0 aliphatic heterocycles. The maximum absolute atomic E-state index is 13.6. The lowest BCUT2D eigenvalue weighted by atomic mass is 10.1. The van der Waals surface area contributed by atoms with Crippen LogP contribution in [0.2, 0.25) is 0 Å². The maximum Gasteiger partial charge on any atom is 0.228 e. The molecular formula is C29H35N3O3S. The van der Waals surface area contributed by atoms with Crippen LogP contribution >= 0.6 is 0 Å². The fourth-order valence-corrected chi connectivity index (χ4v) is 6.81. The van der Waals surface area contributed by atoms with E-state index in [1.807, 2.05) is 71.0 Å². The summed E-state index contributed by atoms with van der Waals surface area (Å²) in [6.07, 6.45) is 8.12. The third kappa shape index (κ3) is 5.72. The van der Waals surface area contributed by atoms with Gasteiger partial charge in [0.1, 0.15) is 0 Å². The Balaban J connectivity index is 1.48. The van der Waals surface area contributed by atoms with Gasteiger partial charge in [-0.1, -0.05) is 67.4 Å². The molecule has 1 amide bonds. The molecule has 0 atom stereocenters. The lowest BCUT2D eigenvalue weighted by Crippen LogP contribution is -2.37. The smallest absolute Gasteiger partial charge is 0.228 e. The molecule has 2 aromatic carbocycles. The van der Waals surface area contributed by atoms with Crippen LogP contribution in [0.3, 0.4) is 0 Å². The molecular weight excluding hydrogens is 470 g/mol. The Kier molecular flexibility index (Phi) is 7.28. The molecule has 0 bridgehead atoms. The van der Waals surface area contributed by atoms with Gasteiger partial charge in [-0.05, 0) is 55.2 Å². The van der Waals surface area contributed by atoms with Crippen molar-refractivity contribution in [3.05, 3.63) is 83.2 Å². The van der Waals surface area contributed by atoms with E-state index in [0.717, 1.165) is 67.5 Å². The van der Waals surface area contributed by atoms with Crippen LogP contribution in [0.5, 0.6) is 0 Å². The second kappa shape index (κ2) is 10.6. The number of benzene rings is 2. The monoisotopic (exact) mass is 505 g/mol. The molecule has 0 spiro atoms. The molecule has 7 heteroatoms. The third-order valence-electron chi connectivity index (χ3n) is 7.51. The second-order valence-electron chi connectivity index (χ2n) is 10.4. The quantitative estimate of drug-likeness (QED) is 0.382. The number of carbonyl (C=O) groups excluding carboxylic acids is 1. The van der Waals surface area contributed by atoms with Gasteiger partial charge in [0.25, 0.3) is 0 Å². The summed E-state index contributed by atoms with van der Waals surface area (Å²) in [6.45, 7) is 3.47. The number of aryl methyl sites for hydroxylation is 1. The minimum absolute atomic E-state index is 0.0734. The Labute approximate surface area is 214 Å². The minimum atomic E-state index is -3.70. The molecule has 2 fully saturated rings. The van der Waals surface area contributed by atoms with Crippen molar-refractivity contribution in [2.24, 2.45) is 11.8 Å². The molecule has 36 heavy (non-hydrogen) atoms. The summed E-state index contributed by atoms with van der Waals surface area (Å²) in [5.74, 6) is 0.775. The standard InChI is InChI=1S/C29H35N3O3S/c1-22-9-5-6-14-26(22)21-36(34,35)29-30-17-27(32(29)19-23-10-3-2-4-11-23)20-31(18-24-15-16-24)28(33)25-12-7-8-13-25/h2-6,9-11,14,17,24-25H,7-8,12-13,15-16,18-21H2,1H3. The van der Waals surface area contributed by atoms with Crippen molar-refractivity contribution in [1.29, 1.82) is 0 Å². The fourth-order valence-electron chi connectivity index (χ4n) is 5.21. The molecule has 1 aromatic heterocycles. The zero-order valence-corrected chi connectivity index (χ0v) is 21.8. The largest absolute Gasteiger partial charge is 0.336 e. The molecule has 2 saturated carbocycles. The predicted octanol–water partition coefficient (Wildman–Crippen LogP) is 5.14. The van der Waals surface area contributed by atoms with E-state index < -0.39 is 9.84 Å². The van der Waals surface area contributed by atoms with Crippen LogP contribution in [0.15, 0.2) is 66.0 Å². The van der Waals surface area contributed by atoms with E-state index in [1.165, 1.54) is 0 Å². The van der Waals surface area contributed by atoms with Crippen molar-refractivity contribution in [2.45, 2.75) is 69.4 Å². The number of rotatable bonds is 10. The van der Waals surface area contributed by atoms with E-state index in [1.54, 1.807) is 6.20 Å². The van der Waals surface area contributed by atoms with E-state index >= 15 is 0 Å². The lowest BCUT2D eigenvalue weighted by Gasteiger charge is -2.26. The average molecular weight is 506 g/mol. The SMILES string of the molecule is Cc1ccccc1CS(=O)(=O)c1ncc(CN(CC2CC2)C(=O)C2CCCC2)n1Cc1ccccc1. The van der Waals surface area contributed by atoms with E-state index in [0.29, 0.717) is 19.0 Å². The highest BCUT2D eigenvalue weighted by molar-refractivity contribution is 7.90. The molecule has 2 aliphatic carbocycles. The number of hydrogen-bond acceptors (Lipinski definition) is 4.